The molecule has 0 unspecified atom stereocenters. The van der Waals surface area contributed by atoms with Crippen LogP contribution in [-0.4, -0.2) is 61.4 Å². The van der Waals surface area contributed by atoms with Crippen molar-refractivity contribution >= 4 is 21.9 Å². The van der Waals surface area contributed by atoms with Crippen molar-refractivity contribution < 1.29 is 13.2 Å². The van der Waals surface area contributed by atoms with Gasteiger partial charge in [0.2, 0.25) is 16.0 Å². The lowest BCUT2D eigenvalue weighted by molar-refractivity contribution is 0.0746. The van der Waals surface area contributed by atoms with Crippen LogP contribution in [0, 0.1) is 0 Å². The van der Waals surface area contributed by atoms with Gasteiger partial charge in [0.1, 0.15) is 0 Å². The zero-order valence-electron chi connectivity index (χ0n) is 16.2. The van der Waals surface area contributed by atoms with Crippen molar-refractivity contribution in [1.82, 2.24) is 19.6 Å². The molecule has 0 bridgehead atoms. The average Bonchev–Trinajstić information content (AvgIpc) is 3.26. The fraction of sp³-hybridized carbons (Fsp3) is 0.450. The molecule has 1 aromatic carbocycles. The molecule has 1 aliphatic heterocycles. The van der Waals surface area contributed by atoms with Crippen molar-refractivity contribution in [3.8, 4) is 0 Å². The first-order valence-corrected chi connectivity index (χ1v) is 11.4. The SMILES string of the molecule is O=C(c1cccc(S(=O)(=O)NC2CCCC2)c1)N1CCN(c2ncccn2)CC1. The Labute approximate surface area is 171 Å². The Morgan fingerprint density at radius 3 is 2.38 bits per heavy atom. The van der Waals surface area contributed by atoms with Crippen LogP contribution in [0.4, 0.5) is 5.95 Å². The first-order valence-electron chi connectivity index (χ1n) is 9.96. The number of piperazine rings is 1. The number of nitrogens with one attached hydrogen (secondary N) is 1. The van der Waals surface area contributed by atoms with Crippen molar-refractivity contribution in [2.45, 2.75) is 36.6 Å². The first-order chi connectivity index (χ1) is 14.0. The normalized spacial score (nSPS) is 18.2. The van der Waals surface area contributed by atoms with Crippen molar-refractivity contribution in [3.05, 3.63) is 48.3 Å². The number of carbonyl (C=O) groups excluding carboxylic acids is 1. The number of sulfonamides is 1. The molecule has 8 nitrogen and oxygen atoms in total. The van der Waals surface area contributed by atoms with Crippen LogP contribution in [0.2, 0.25) is 0 Å². The molecule has 0 spiro atoms. The van der Waals surface area contributed by atoms with Crippen molar-refractivity contribution in [3.63, 3.8) is 0 Å². The van der Waals surface area contributed by atoms with Crippen molar-refractivity contribution in [2.24, 2.45) is 0 Å². The zero-order chi connectivity index (χ0) is 20.3. The summed E-state index contributed by atoms with van der Waals surface area (Å²) in [6.07, 6.45) is 7.23. The van der Waals surface area contributed by atoms with Gasteiger partial charge in [0.25, 0.3) is 5.91 Å². The van der Waals surface area contributed by atoms with Crippen LogP contribution in [0.25, 0.3) is 0 Å². The smallest absolute Gasteiger partial charge is 0.254 e. The number of nitrogens with zero attached hydrogens (tertiary/aromatic N) is 4. The molecule has 1 N–H and O–H groups in total. The molecule has 2 fully saturated rings. The zero-order valence-corrected chi connectivity index (χ0v) is 17.0. The molecule has 2 aromatic rings. The number of hydrogen-bond donors (Lipinski definition) is 1. The van der Waals surface area contributed by atoms with E-state index in [1.165, 1.54) is 6.07 Å². The van der Waals surface area contributed by atoms with Gasteiger partial charge in [0.15, 0.2) is 0 Å². The van der Waals surface area contributed by atoms with Gasteiger partial charge in [-0.3, -0.25) is 4.79 Å². The Hall–Kier alpha value is -2.52. The summed E-state index contributed by atoms with van der Waals surface area (Å²) < 4.78 is 28.1. The van der Waals surface area contributed by atoms with Gasteiger partial charge in [-0.15, -0.1) is 0 Å². The van der Waals surface area contributed by atoms with E-state index >= 15 is 0 Å². The molecule has 29 heavy (non-hydrogen) atoms. The fourth-order valence-electron chi connectivity index (χ4n) is 3.87. The standard InChI is InChI=1S/C20H25N5O3S/c26-19(24-11-13-25(14-12-24)20-21-9-4-10-22-20)16-5-3-8-18(15-16)29(27,28)23-17-6-1-2-7-17/h3-5,8-10,15,17,23H,1-2,6-7,11-14H2. The number of benzene rings is 1. The van der Waals surface area contributed by atoms with Crippen LogP contribution in [0.5, 0.6) is 0 Å². The summed E-state index contributed by atoms with van der Waals surface area (Å²) in [5, 5.41) is 0. The molecule has 1 aromatic heterocycles. The van der Waals surface area contributed by atoms with E-state index in [0.29, 0.717) is 37.7 Å². The predicted octanol–water partition coefficient (Wildman–Crippen LogP) is 1.66. The van der Waals surface area contributed by atoms with Gasteiger partial charge in [0, 0.05) is 50.2 Å². The van der Waals surface area contributed by atoms with E-state index in [4.69, 9.17) is 0 Å². The lowest BCUT2D eigenvalue weighted by atomic mass is 10.2. The van der Waals surface area contributed by atoms with Gasteiger partial charge in [0.05, 0.1) is 4.90 Å². The molecular formula is C20H25N5O3S. The summed E-state index contributed by atoms with van der Waals surface area (Å²) >= 11 is 0. The van der Waals surface area contributed by atoms with Crippen LogP contribution in [0.15, 0.2) is 47.6 Å². The fourth-order valence-corrected chi connectivity index (χ4v) is 5.22. The molecule has 2 aliphatic rings. The minimum atomic E-state index is -3.62. The highest BCUT2D eigenvalue weighted by atomic mass is 32.2. The predicted molar refractivity (Wildman–Crippen MR) is 109 cm³/mol. The van der Waals surface area contributed by atoms with Gasteiger partial charge >= 0.3 is 0 Å². The number of amides is 1. The molecule has 154 valence electrons. The maximum atomic E-state index is 12.9. The number of rotatable bonds is 5. The highest BCUT2D eigenvalue weighted by Gasteiger charge is 2.26. The second-order valence-electron chi connectivity index (χ2n) is 7.46. The van der Waals surface area contributed by atoms with E-state index < -0.39 is 10.0 Å². The second-order valence-corrected chi connectivity index (χ2v) is 9.17. The number of aromatic nitrogens is 2. The van der Waals surface area contributed by atoms with E-state index in [2.05, 4.69) is 14.7 Å². The molecule has 9 heteroatoms. The molecule has 4 rings (SSSR count). The van der Waals surface area contributed by atoms with Crippen LogP contribution in [-0.2, 0) is 10.0 Å². The molecule has 1 aliphatic carbocycles. The summed E-state index contributed by atoms with van der Waals surface area (Å²) in [5.74, 6) is 0.502. The third-order valence-corrected chi connectivity index (χ3v) is 6.99. The minimum absolute atomic E-state index is 0.00681. The van der Waals surface area contributed by atoms with Crippen LogP contribution in [0.3, 0.4) is 0 Å². The minimum Gasteiger partial charge on any atom is -0.337 e. The van der Waals surface area contributed by atoms with Crippen LogP contribution >= 0.6 is 0 Å². The summed E-state index contributed by atoms with van der Waals surface area (Å²) in [5.41, 5.74) is 0.392. The van der Waals surface area contributed by atoms with E-state index in [1.54, 1.807) is 41.6 Å². The van der Waals surface area contributed by atoms with E-state index in [1.807, 2.05) is 4.90 Å². The first kappa shape index (κ1) is 19.8. The van der Waals surface area contributed by atoms with Gasteiger partial charge in [-0.05, 0) is 37.1 Å². The van der Waals surface area contributed by atoms with Crippen molar-refractivity contribution in [1.29, 1.82) is 0 Å². The second kappa shape index (κ2) is 8.46. The Kier molecular flexibility index (Phi) is 5.77. The summed E-state index contributed by atoms with van der Waals surface area (Å²) in [4.78, 5) is 25.4. The highest BCUT2D eigenvalue weighted by Crippen LogP contribution is 2.21. The maximum absolute atomic E-state index is 12.9. The molecule has 0 radical (unpaired) electrons. The lowest BCUT2D eigenvalue weighted by Crippen LogP contribution is -2.49. The maximum Gasteiger partial charge on any atom is 0.254 e. The Morgan fingerprint density at radius 1 is 1.00 bits per heavy atom. The highest BCUT2D eigenvalue weighted by molar-refractivity contribution is 7.89. The summed E-state index contributed by atoms with van der Waals surface area (Å²) in [6, 6.07) is 8.08. The van der Waals surface area contributed by atoms with Crippen molar-refractivity contribution in [2.75, 3.05) is 31.1 Å². The topological polar surface area (TPSA) is 95.5 Å². The number of hydrogen-bond acceptors (Lipinski definition) is 6. The van der Waals surface area contributed by atoms with E-state index in [0.717, 1.165) is 25.7 Å². The van der Waals surface area contributed by atoms with Gasteiger partial charge in [-0.25, -0.2) is 23.1 Å². The monoisotopic (exact) mass is 415 g/mol. The molecular weight excluding hydrogens is 390 g/mol. The van der Waals surface area contributed by atoms with E-state index in [9.17, 15) is 13.2 Å². The molecule has 1 saturated heterocycles. The lowest BCUT2D eigenvalue weighted by Gasteiger charge is -2.34. The van der Waals surface area contributed by atoms with Crippen LogP contribution < -0.4 is 9.62 Å². The van der Waals surface area contributed by atoms with Gasteiger partial charge in [-0.2, -0.15) is 0 Å². The van der Waals surface area contributed by atoms with E-state index in [-0.39, 0.29) is 16.8 Å². The third kappa shape index (κ3) is 4.56. The average molecular weight is 416 g/mol. The molecule has 2 heterocycles. The molecule has 0 atom stereocenters. The third-order valence-electron chi connectivity index (χ3n) is 5.47. The quantitative estimate of drug-likeness (QED) is 0.798. The van der Waals surface area contributed by atoms with Gasteiger partial charge < -0.3 is 9.80 Å². The summed E-state index contributed by atoms with van der Waals surface area (Å²) in [7, 11) is -3.62. The number of carbonyl (C=O) groups is 1. The van der Waals surface area contributed by atoms with Crippen LogP contribution in [0.1, 0.15) is 36.0 Å². The Balaban J connectivity index is 1.42. The number of anilines is 1. The molecule has 1 amide bonds. The van der Waals surface area contributed by atoms with Gasteiger partial charge in [-0.1, -0.05) is 18.9 Å². The largest absolute Gasteiger partial charge is 0.337 e. The summed E-state index contributed by atoms with van der Waals surface area (Å²) in [6.45, 7) is 2.34. The Bertz CT molecular complexity index is 953. The molecule has 1 saturated carbocycles. The Morgan fingerprint density at radius 2 is 1.69 bits per heavy atom.